The summed E-state index contributed by atoms with van der Waals surface area (Å²) >= 11 is 0. The first kappa shape index (κ1) is 32.7. The number of allylic oxidation sites excluding steroid dienone is 8. The number of aromatic nitrogens is 4. The second-order valence-corrected chi connectivity index (χ2v) is 10.8. The van der Waals surface area contributed by atoms with Crippen LogP contribution in [0.2, 0.25) is 0 Å². The number of rotatable bonds is 6. The highest BCUT2D eigenvalue weighted by molar-refractivity contribution is 6.50. The molecule has 0 amide bonds. The van der Waals surface area contributed by atoms with Crippen LogP contribution in [0.5, 0.6) is 0 Å². The van der Waals surface area contributed by atoms with E-state index in [4.69, 9.17) is 0 Å². The molecule has 2 aromatic heterocycles. The number of hydrogen-bond donors (Lipinski definition) is 0. The van der Waals surface area contributed by atoms with Crippen molar-refractivity contribution in [3.05, 3.63) is 110 Å². The number of hydrogen-bond acceptors (Lipinski definition) is 0. The Labute approximate surface area is 239 Å². The van der Waals surface area contributed by atoms with Crippen molar-refractivity contribution in [2.75, 3.05) is 0 Å². The molecule has 0 saturated heterocycles. The van der Waals surface area contributed by atoms with E-state index in [9.17, 15) is 34.5 Å². The number of halogens is 8. The third-order valence-electron chi connectivity index (χ3n) is 6.56. The largest absolute Gasteiger partial charge is 0.673 e. The van der Waals surface area contributed by atoms with Gasteiger partial charge in [-0.05, 0) is 25.0 Å². The van der Waals surface area contributed by atoms with Gasteiger partial charge in [0.05, 0.1) is 13.1 Å². The minimum atomic E-state index is -6.00. The van der Waals surface area contributed by atoms with Gasteiger partial charge in [0.1, 0.15) is 36.2 Å². The first-order valence-corrected chi connectivity index (χ1v) is 13.2. The monoisotopic (exact) mass is 598 g/mol. The van der Waals surface area contributed by atoms with Crippen LogP contribution in [-0.2, 0) is 13.1 Å². The van der Waals surface area contributed by atoms with Crippen LogP contribution >= 0.6 is 0 Å². The first-order chi connectivity index (χ1) is 19.5. The van der Waals surface area contributed by atoms with Gasteiger partial charge in [-0.25, -0.2) is 18.3 Å². The summed E-state index contributed by atoms with van der Waals surface area (Å²) in [5, 5.41) is 0. The zero-order chi connectivity index (χ0) is 31.0. The molecule has 2 atom stereocenters. The van der Waals surface area contributed by atoms with Crippen LogP contribution in [0, 0.1) is 10.8 Å². The van der Waals surface area contributed by atoms with Crippen LogP contribution in [0.3, 0.4) is 0 Å². The predicted molar refractivity (Wildman–Crippen MR) is 148 cm³/mol. The zero-order valence-corrected chi connectivity index (χ0v) is 23.2. The Morgan fingerprint density at radius 1 is 0.667 bits per heavy atom. The van der Waals surface area contributed by atoms with Gasteiger partial charge in [-0.2, -0.15) is 0 Å². The SMILES string of the molecule is CC1(C[n+]2ccn(-c3cccc(-n4cc[n+](CC5(C)C=CC=CC5)c4)c3)c2)C=CC=CC1.F[B-](F)(F)F.F[B-](F)(F)F. The van der Waals surface area contributed by atoms with Crippen LogP contribution in [0.1, 0.15) is 26.7 Å². The molecule has 42 heavy (non-hydrogen) atoms. The highest BCUT2D eigenvalue weighted by Crippen LogP contribution is 2.28. The van der Waals surface area contributed by atoms with Crippen molar-refractivity contribution < 1.29 is 43.7 Å². The minimum absolute atomic E-state index is 0.173. The summed E-state index contributed by atoms with van der Waals surface area (Å²) in [6, 6.07) is 8.70. The number of nitrogens with zero attached hydrogens (tertiary/aromatic N) is 4. The van der Waals surface area contributed by atoms with Crippen LogP contribution in [0.25, 0.3) is 11.4 Å². The van der Waals surface area contributed by atoms with E-state index in [2.05, 4.69) is 142 Å². The molecule has 0 saturated carbocycles. The van der Waals surface area contributed by atoms with Crippen LogP contribution < -0.4 is 9.13 Å². The summed E-state index contributed by atoms with van der Waals surface area (Å²) in [6.07, 6.45) is 32.9. The average molecular weight is 598 g/mol. The van der Waals surface area contributed by atoms with Crippen LogP contribution in [0.15, 0.2) is 110 Å². The molecule has 226 valence electrons. The Balaban J connectivity index is 0.000000420. The second kappa shape index (κ2) is 13.4. The highest BCUT2D eigenvalue weighted by Gasteiger charge is 2.26. The molecular weight excluding hydrogens is 566 g/mol. The molecule has 0 bridgehead atoms. The molecular formula is C28H32B2F8N4. The van der Waals surface area contributed by atoms with E-state index >= 15 is 0 Å². The van der Waals surface area contributed by atoms with E-state index in [0.29, 0.717) is 0 Å². The topological polar surface area (TPSA) is 17.6 Å². The van der Waals surface area contributed by atoms with Gasteiger partial charge in [0.2, 0.25) is 12.7 Å². The van der Waals surface area contributed by atoms with Gasteiger partial charge in [-0.1, -0.05) is 68.5 Å². The van der Waals surface area contributed by atoms with Gasteiger partial charge >= 0.3 is 14.5 Å². The fourth-order valence-corrected chi connectivity index (χ4v) is 4.71. The molecule has 1 aromatic carbocycles. The van der Waals surface area contributed by atoms with Gasteiger partial charge in [-0.3, -0.25) is 0 Å². The summed E-state index contributed by atoms with van der Waals surface area (Å²) in [4.78, 5) is 0. The van der Waals surface area contributed by atoms with Gasteiger partial charge < -0.3 is 34.5 Å². The lowest BCUT2D eigenvalue weighted by atomic mass is 9.84. The summed E-state index contributed by atoms with van der Waals surface area (Å²) in [5.41, 5.74) is 2.68. The quantitative estimate of drug-likeness (QED) is 0.159. The van der Waals surface area contributed by atoms with Gasteiger partial charge in [-0.15, -0.1) is 0 Å². The first-order valence-electron chi connectivity index (χ1n) is 13.2. The van der Waals surface area contributed by atoms with Crippen LogP contribution in [0.4, 0.5) is 34.5 Å². The molecule has 2 unspecified atom stereocenters. The molecule has 14 heteroatoms. The normalized spacial score (nSPS) is 21.4. The molecule has 0 radical (unpaired) electrons. The predicted octanol–water partition coefficient (Wildman–Crippen LogP) is 7.49. The maximum atomic E-state index is 9.75. The Hall–Kier alpha value is -3.83. The molecule has 0 spiro atoms. The van der Waals surface area contributed by atoms with Gasteiger partial charge in [0.25, 0.3) is 0 Å². The molecule has 0 aliphatic heterocycles. The molecule has 3 aromatic rings. The maximum absolute atomic E-state index is 9.75. The van der Waals surface area contributed by atoms with E-state index in [-0.39, 0.29) is 10.8 Å². The van der Waals surface area contributed by atoms with E-state index < -0.39 is 14.5 Å². The van der Waals surface area contributed by atoms with Crippen molar-refractivity contribution in [1.82, 2.24) is 9.13 Å². The fourth-order valence-electron chi connectivity index (χ4n) is 4.71. The molecule has 5 rings (SSSR count). The molecule has 2 aliphatic rings. The lowest BCUT2D eigenvalue weighted by Gasteiger charge is -2.23. The van der Waals surface area contributed by atoms with E-state index in [1.807, 2.05) is 0 Å². The van der Waals surface area contributed by atoms with Gasteiger partial charge in [0, 0.05) is 16.9 Å². The average Bonchev–Trinajstić information content (AvgIpc) is 3.52. The Kier molecular flexibility index (Phi) is 10.5. The summed E-state index contributed by atoms with van der Waals surface area (Å²) < 4.78 is 87.0. The maximum Gasteiger partial charge on any atom is 0.673 e. The third-order valence-corrected chi connectivity index (χ3v) is 6.56. The minimum Gasteiger partial charge on any atom is -0.418 e. The van der Waals surface area contributed by atoms with Crippen molar-refractivity contribution in [1.29, 1.82) is 0 Å². The lowest BCUT2D eigenvalue weighted by Crippen LogP contribution is -2.40. The van der Waals surface area contributed by atoms with E-state index in [1.54, 1.807) is 0 Å². The van der Waals surface area contributed by atoms with Gasteiger partial charge in [0.15, 0.2) is 0 Å². The van der Waals surface area contributed by atoms with E-state index in [0.717, 1.165) is 37.3 Å². The van der Waals surface area contributed by atoms with Crippen molar-refractivity contribution in [2.45, 2.75) is 39.8 Å². The van der Waals surface area contributed by atoms with E-state index in [1.165, 1.54) is 0 Å². The Morgan fingerprint density at radius 3 is 1.38 bits per heavy atom. The standard InChI is InChI=1S/C28H32N4.2BF4/c1-27(12-5-3-6-13-27)21-29-16-18-31(23-29)25-10-9-11-26(20-25)32-19-17-30(24-32)22-28(2)14-7-4-8-15-28;2*2-1(3,4)5/h3-12,14,16-20,23-24H,13,15,21-22H2,1-2H3;;/q+2;2*-1. The highest BCUT2D eigenvalue weighted by atomic mass is 19.5. The second-order valence-electron chi connectivity index (χ2n) is 10.8. The smallest absolute Gasteiger partial charge is 0.418 e. The molecule has 2 aliphatic carbocycles. The third kappa shape index (κ3) is 11.6. The molecule has 0 N–H and O–H groups in total. The summed E-state index contributed by atoms with van der Waals surface area (Å²) in [5.74, 6) is 0. The van der Waals surface area contributed by atoms with Crippen LogP contribution in [-0.4, -0.2) is 23.6 Å². The Morgan fingerprint density at radius 2 is 1.05 bits per heavy atom. The van der Waals surface area contributed by atoms with Crippen molar-refractivity contribution in [3.63, 3.8) is 0 Å². The Bertz CT molecular complexity index is 1320. The lowest BCUT2D eigenvalue weighted by molar-refractivity contribution is -0.706. The van der Waals surface area contributed by atoms with Crippen molar-refractivity contribution in [3.8, 4) is 11.4 Å². The molecule has 2 heterocycles. The summed E-state index contributed by atoms with van der Waals surface area (Å²) in [6.45, 7) is 6.58. The fraction of sp³-hybridized carbons (Fsp3) is 0.286. The summed E-state index contributed by atoms with van der Waals surface area (Å²) in [7, 11) is -12.0. The molecule has 4 nitrogen and oxygen atoms in total. The zero-order valence-electron chi connectivity index (χ0n) is 23.2. The van der Waals surface area contributed by atoms with Crippen molar-refractivity contribution in [2.24, 2.45) is 10.8 Å². The molecule has 0 fully saturated rings. The number of imidazole rings is 2. The van der Waals surface area contributed by atoms with Crippen molar-refractivity contribution >= 4 is 14.5 Å². The number of benzene rings is 1.